The molecule has 0 saturated carbocycles. The lowest BCUT2D eigenvalue weighted by atomic mass is 10.2. The molecule has 0 aromatic carbocycles. The van der Waals surface area contributed by atoms with Crippen LogP contribution in [0.4, 0.5) is 0 Å². The van der Waals surface area contributed by atoms with Gasteiger partial charge in [-0.25, -0.2) is 0 Å². The maximum absolute atomic E-state index is 11.7. The van der Waals surface area contributed by atoms with Gasteiger partial charge in [-0.2, -0.15) is 0 Å². The van der Waals surface area contributed by atoms with Crippen molar-refractivity contribution >= 4 is 17.5 Å². The number of rotatable bonds is 4. The fourth-order valence-electron chi connectivity index (χ4n) is 1.41. The Morgan fingerprint density at radius 3 is 3.06 bits per heavy atom. The third kappa shape index (κ3) is 3.07. The highest BCUT2D eigenvalue weighted by Gasteiger charge is 2.09. The Kier molecular flexibility index (Phi) is 3.77. The summed E-state index contributed by atoms with van der Waals surface area (Å²) in [5.74, 6) is 0.634. The van der Waals surface area contributed by atoms with Crippen LogP contribution in [0.25, 0.3) is 0 Å². The molecular weight excluding hydrogens is 240 g/mol. The second-order valence-electron chi connectivity index (χ2n) is 3.44. The maximum Gasteiger partial charge on any atom is 0.252 e. The Hall–Kier alpha value is -1.81. The SMILES string of the molecule is O=C(NCCc1ccco1)c1ccncc1Cl. The molecule has 88 valence electrons. The van der Waals surface area contributed by atoms with Crippen molar-refractivity contribution in [1.29, 1.82) is 0 Å². The van der Waals surface area contributed by atoms with E-state index >= 15 is 0 Å². The number of nitrogens with zero attached hydrogens (tertiary/aromatic N) is 1. The van der Waals surface area contributed by atoms with Crippen molar-refractivity contribution in [2.75, 3.05) is 6.54 Å². The van der Waals surface area contributed by atoms with E-state index in [9.17, 15) is 4.79 Å². The van der Waals surface area contributed by atoms with E-state index in [1.54, 1.807) is 12.3 Å². The number of hydrogen-bond donors (Lipinski definition) is 1. The smallest absolute Gasteiger partial charge is 0.252 e. The Morgan fingerprint density at radius 2 is 2.35 bits per heavy atom. The largest absolute Gasteiger partial charge is 0.469 e. The Balaban J connectivity index is 1.88. The predicted molar refractivity (Wildman–Crippen MR) is 64.0 cm³/mol. The summed E-state index contributed by atoms with van der Waals surface area (Å²) in [5.41, 5.74) is 0.432. The molecule has 0 atom stereocenters. The fourth-order valence-corrected chi connectivity index (χ4v) is 1.61. The highest BCUT2D eigenvalue weighted by Crippen LogP contribution is 2.12. The number of carbonyl (C=O) groups excluding carboxylic acids is 1. The third-order valence-corrected chi connectivity index (χ3v) is 2.56. The summed E-state index contributed by atoms with van der Waals surface area (Å²) in [4.78, 5) is 15.6. The summed E-state index contributed by atoms with van der Waals surface area (Å²) in [6.07, 6.45) is 5.24. The zero-order valence-electron chi connectivity index (χ0n) is 9.02. The second-order valence-corrected chi connectivity index (χ2v) is 3.85. The quantitative estimate of drug-likeness (QED) is 0.906. The van der Waals surface area contributed by atoms with Gasteiger partial charge in [0, 0.05) is 25.4 Å². The molecular formula is C12H11ClN2O2. The van der Waals surface area contributed by atoms with Crippen LogP contribution < -0.4 is 5.32 Å². The molecule has 0 aliphatic carbocycles. The molecule has 2 aromatic rings. The van der Waals surface area contributed by atoms with E-state index < -0.39 is 0 Å². The summed E-state index contributed by atoms with van der Waals surface area (Å²) < 4.78 is 5.16. The summed E-state index contributed by atoms with van der Waals surface area (Å²) in [6.45, 7) is 0.505. The monoisotopic (exact) mass is 250 g/mol. The van der Waals surface area contributed by atoms with Crippen LogP contribution in [0, 0.1) is 0 Å². The molecule has 1 amide bonds. The molecule has 2 aromatic heterocycles. The van der Waals surface area contributed by atoms with Crippen LogP contribution in [0.15, 0.2) is 41.3 Å². The Bertz CT molecular complexity index is 497. The van der Waals surface area contributed by atoms with Gasteiger partial charge in [0.25, 0.3) is 5.91 Å². The number of carbonyl (C=O) groups is 1. The Labute approximate surface area is 104 Å². The van der Waals surface area contributed by atoms with Crippen LogP contribution >= 0.6 is 11.6 Å². The molecule has 1 N–H and O–H groups in total. The molecule has 4 nitrogen and oxygen atoms in total. The van der Waals surface area contributed by atoms with E-state index in [4.69, 9.17) is 16.0 Å². The fraction of sp³-hybridized carbons (Fsp3) is 0.167. The molecule has 17 heavy (non-hydrogen) atoms. The van der Waals surface area contributed by atoms with Crippen LogP contribution in [0.5, 0.6) is 0 Å². The summed E-state index contributed by atoms with van der Waals surface area (Å²) in [7, 11) is 0. The van der Waals surface area contributed by atoms with Crippen molar-refractivity contribution in [1.82, 2.24) is 10.3 Å². The molecule has 0 unspecified atom stereocenters. The minimum Gasteiger partial charge on any atom is -0.469 e. The molecule has 0 bridgehead atoms. The first-order chi connectivity index (χ1) is 8.27. The third-order valence-electron chi connectivity index (χ3n) is 2.25. The van der Waals surface area contributed by atoms with Crippen LogP contribution in [0.3, 0.4) is 0 Å². The maximum atomic E-state index is 11.7. The van der Waals surface area contributed by atoms with E-state index in [0.29, 0.717) is 23.6 Å². The van der Waals surface area contributed by atoms with E-state index in [2.05, 4.69) is 10.3 Å². The van der Waals surface area contributed by atoms with Gasteiger partial charge in [-0.3, -0.25) is 9.78 Å². The zero-order chi connectivity index (χ0) is 12.1. The molecule has 0 spiro atoms. The van der Waals surface area contributed by atoms with Gasteiger partial charge in [-0.15, -0.1) is 0 Å². The van der Waals surface area contributed by atoms with E-state index in [1.165, 1.54) is 12.4 Å². The van der Waals surface area contributed by atoms with E-state index in [0.717, 1.165) is 5.76 Å². The number of amides is 1. The normalized spacial score (nSPS) is 10.2. The highest BCUT2D eigenvalue weighted by molar-refractivity contribution is 6.33. The number of halogens is 1. The average Bonchev–Trinajstić information content (AvgIpc) is 2.82. The molecule has 0 radical (unpaired) electrons. The number of furan rings is 1. The van der Waals surface area contributed by atoms with E-state index in [-0.39, 0.29) is 5.91 Å². The van der Waals surface area contributed by atoms with Gasteiger partial charge in [-0.1, -0.05) is 11.6 Å². The topological polar surface area (TPSA) is 55.1 Å². The number of nitrogens with one attached hydrogen (secondary N) is 1. The van der Waals surface area contributed by atoms with Gasteiger partial charge in [0.1, 0.15) is 5.76 Å². The lowest BCUT2D eigenvalue weighted by Crippen LogP contribution is -2.25. The molecule has 2 rings (SSSR count). The lowest BCUT2D eigenvalue weighted by Gasteiger charge is -2.05. The lowest BCUT2D eigenvalue weighted by molar-refractivity contribution is 0.0954. The van der Waals surface area contributed by atoms with Crippen LogP contribution in [0.1, 0.15) is 16.1 Å². The van der Waals surface area contributed by atoms with Gasteiger partial charge in [0.05, 0.1) is 16.8 Å². The first-order valence-corrected chi connectivity index (χ1v) is 5.55. The molecule has 0 fully saturated rings. The van der Waals surface area contributed by atoms with Crippen molar-refractivity contribution in [3.05, 3.63) is 53.2 Å². The summed E-state index contributed by atoms with van der Waals surface area (Å²) in [5, 5.41) is 3.12. The van der Waals surface area contributed by atoms with Crippen LogP contribution in [0.2, 0.25) is 5.02 Å². The van der Waals surface area contributed by atoms with Crippen LogP contribution in [-0.4, -0.2) is 17.4 Å². The first kappa shape index (κ1) is 11.7. The highest BCUT2D eigenvalue weighted by atomic mass is 35.5. The predicted octanol–water partition coefficient (Wildman–Crippen LogP) is 2.30. The standard InChI is InChI=1S/C12H11ClN2O2/c13-11-8-14-5-4-10(11)12(16)15-6-3-9-2-1-7-17-9/h1-2,4-5,7-8H,3,6H2,(H,15,16). The minimum atomic E-state index is -0.205. The zero-order valence-corrected chi connectivity index (χ0v) is 9.78. The molecule has 5 heteroatoms. The van der Waals surface area contributed by atoms with Crippen LogP contribution in [-0.2, 0) is 6.42 Å². The van der Waals surface area contributed by atoms with Gasteiger partial charge >= 0.3 is 0 Å². The number of aromatic nitrogens is 1. The molecule has 2 heterocycles. The Morgan fingerprint density at radius 1 is 1.47 bits per heavy atom. The molecule has 0 aliphatic heterocycles. The second kappa shape index (κ2) is 5.50. The van der Waals surface area contributed by atoms with Gasteiger partial charge < -0.3 is 9.73 Å². The minimum absolute atomic E-state index is 0.205. The summed E-state index contributed by atoms with van der Waals surface area (Å²) in [6, 6.07) is 5.27. The van der Waals surface area contributed by atoms with E-state index in [1.807, 2.05) is 12.1 Å². The average molecular weight is 251 g/mol. The van der Waals surface area contributed by atoms with Gasteiger partial charge in [-0.05, 0) is 18.2 Å². The summed E-state index contributed by atoms with van der Waals surface area (Å²) >= 11 is 5.86. The molecule has 0 saturated heterocycles. The van der Waals surface area contributed by atoms with Crippen molar-refractivity contribution < 1.29 is 9.21 Å². The number of pyridine rings is 1. The van der Waals surface area contributed by atoms with Crippen molar-refractivity contribution in [3.8, 4) is 0 Å². The molecule has 0 aliphatic rings. The first-order valence-electron chi connectivity index (χ1n) is 5.17. The van der Waals surface area contributed by atoms with Gasteiger partial charge in [0.2, 0.25) is 0 Å². The number of hydrogen-bond acceptors (Lipinski definition) is 3. The van der Waals surface area contributed by atoms with Crippen molar-refractivity contribution in [3.63, 3.8) is 0 Å². The van der Waals surface area contributed by atoms with Gasteiger partial charge in [0.15, 0.2) is 0 Å². The van der Waals surface area contributed by atoms with Crippen molar-refractivity contribution in [2.45, 2.75) is 6.42 Å². The van der Waals surface area contributed by atoms with Crippen molar-refractivity contribution in [2.24, 2.45) is 0 Å².